The number of amides is 7. The van der Waals surface area contributed by atoms with Gasteiger partial charge in [0.1, 0.15) is 79.9 Å². The van der Waals surface area contributed by atoms with Gasteiger partial charge in [-0.2, -0.15) is 29.0 Å². The molecule has 7 amide bonds. The molecule has 1 saturated heterocycles. The van der Waals surface area contributed by atoms with Gasteiger partial charge in [0.05, 0.1) is 72.9 Å². The van der Waals surface area contributed by atoms with Gasteiger partial charge in [0.25, 0.3) is 0 Å². The highest BCUT2D eigenvalue weighted by Crippen LogP contribution is 2.32. The lowest BCUT2D eigenvalue weighted by molar-refractivity contribution is -0.193. The van der Waals surface area contributed by atoms with Gasteiger partial charge < -0.3 is 79.0 Å². The highest BCUT2D eigenvalue weighted by Gasteiger charge is 2.36. The number of nitrogens with zero attached hydrogens (tertiary/aromatic N) is 12. The Morgan fingerprint density at radius 3 is 1.06 bits per heavy atom. The number of hydrogen-bond acceptors (Lipinski definition) is 34. The van der Waals surface area contributed by atoms with Gasteiger partial charge in [-0.1, -0.05) is 12.1 Å². The number of aliphatic hydroxyl groups excluding tert-OH is 2. The van der Waals surface area contributed by atoms with E-state index in [4.69, 9.17) is 78.4 Å². The van der Waals surface area contributed by atoms with Crippen molar-refractivity contribution < 1.29 is 106 Å². The number of imide groups is 2. The van der Waals surface area contributed by atoms with Crippen LogP contribution < -0.4 is 37.2 Å². The van der Waals surface area contributed by atoms with Crippen LogP contribution in [0.25, 0.3) is 5.57 Å². The quantitative estimate of drug-likeness (QED) is 0.0469. The molecule has 1 fully saturated rings. The number of carbonyl (C=O) groups is 7. The Balaban J connectivity index is 0.000000800. The van der Waals surface area contributed by atoms with Crippen LogP contribution in [-0.2, 0) is 94.7 Å². The number of nitrogens with one attached hydrogen (secondary N) is 3. The molecule has 9 rings (SSSR count). The standard InChI is InChI=1S/C17H25N3O3.C16H23BrN2O5.C16H23BrN2O4.C13H20BrN3O2.C12H19N3O.C11H15BrN2O3.C6H7BrN2.2CO2/c1-17(2,3)23-16(21)19-15-7-6-13(12-8-9-22-11-12)14(18-15)10-20(4)5;1-15(2,3)23-13(21)19(14(22)24-16(4,5)6)12-8-7-10(17)11(9-20)18-12;1-10-11(17)8-9-12(18-10)19(13(20)22-15(2,3)4)14(21)23-16(5,6)7;1-13(2,3)19-12(18)16-11-7-6-9(14)10(15-11)8-17(4)5;1-15(2)7-11-10(3-4-12(13)14-11)9-5-6-16-8-9;1-11(2,3)17-10(16)14-9-5-4-7(12)8(6-15)13-9;1-4-5(7)2-3-6(8)9-4;2*2-1-3/h6-8H,9-11H2,1-5H3,(H,18,19,21);7-8,20H,9H2,1-6H3;8-9H,1-7H3;6-7H,8H2,1-5H3,(H,15,16,18);3-4,9H,5-8H2,1-2H3,(H2,13,14);4-5,15H,6H2,1-3H3,(H,13,14,16);2-3H,1H3,(H2,8,9);;. The van der Waals surface area contributed by atoms with Gasteiger partial charge in [0.2, 0.25) is 0 Å². The summed E-state index contributed by atoms with van der Waals surface area (Å²) in [5.74, 6) is 3.11. The fraction of sp³-hybridized carbons (Fsp3) is 0.505. The van der Waals surface area contributed by atoms with Crippen LogP contribution in [0.4, 0.5) is 74.3 Å². The maximum Gasteiger partial charge on any atom is 0.425 e. The van der Waals surface area contributed by atoms with Crippen LogP contribution in [0.3, 0.4) is 0 Å². The zero-order valence-corrected chi connectivity index (χ0v) is 91.2. The Kier molecular flexibility index (Phi) is 53.1. The fourth-order valence-corrected chi connectivity index (χ4v) is 12.0. The van der Waals surface area contributed by atoms with Crippen molar-refractivity contribution >= 4 is 181 Å². The number of aryl methyl sites for hydroxylation is 2. The van der Waals surface area contributed by atoms with E-state index >= 15 is 0 Å². The monoisotopic (exact) mass is 2230 g/mol. The summed E-state index contributed by atoms with van der Waals surface area (Å²) >= 11 is 16.6. The van der Waals surface area contributed by atoms with Gasteiger partial charge >= 0.3 is 55.0 Å². The lowest BCUT2D eigenvalue weighted by atomic mass is 9.96. The molecule has 0 spiro atoms. The molecule has 2 aliphatic rings. The van der Waals surface area contributed by atoms with E-state index in [1.165, 1.54) is 11.6 Å². The third-order valence-electron chi connectivity index (χ3n) is 15.6. The van der Waals surface area contributed by atoms with Crippen molar-refractivity contribution in [1.82, 2.24) is 49.6 Å². The molecule has 0 saturated carbocycles. The molecule has 756 valence electrons. The third-order valence-corrected chi connectivity index (χ3v) is 19.4. The average Bonchev–Trinajstić information content (AvgIpc) is 1.28. The number of rotatable bonds is 15. The molecule has 9 heterocycles. The van der Waals surface area contributed by atoms with Crippen LogP contribution in [-0.4, -0.2) is 223 Å². The Bertz CT molecular complexity index is 5130. The predicted molar refractivity (Wildman–Crippen MR) is 537 cm³/mol. The van der Waals surface area contributed by atoms with Crippen molar-refractivity contribution in [2.24, 2.45) is 0 Å². The van der Waals surface area contributed by atoms with Gasteiger partial charge in [-0.25, -0.2) is 68.4 Å². The average molecular weight is 2240 g/mol. The number of aliphatic hydroxyl groups is 2. The predicted octanol–water partition coefficient (Wildman–Crippen LogP) is 19.5. The lowest BCUT2D eigenvalue weighted by Crippen LogP contribution is -2.44. The van der Waals surface area contributed by atoms with Crippen molar-refractivity contribution in [3.8, 4) is 0 Å². The van der Waals surface area contributed by atoms with Crippen molar-refractivity contribution in [3.63, 3.8) is 0 Å². The topological polar surface area (TPSA) is 506 Å². The van der Waals surface area contributed by atoms with Gasteiger partial charge in [-0.3, -0.25) is 16.0 Å². The summed E-state index contributed by atoms with van der Waals surface area (Å²) in [6.45, 7) is 44.9. The zero-order valence-electron chi connectivity index (χ0n) is 83.3. The van der Waals surface area contributed by atoms with E-state index < -0.39 is 81.9 Å². The van der Waals surface area contributed by atoms with E-state index in [-0.39, 0.29) is 42.8 Å². The number of carbonyl (C=O) groups excluding carboxylic acids is 11. The summed E-state index contributed by atoms with van der Waals surface area (Å²) in [5.41, 5.74) is 15.1. The molecule has 7 aromatic rings. The summed E-state index contributed by atoms with van der Waals surface area (Å²) < 4.78 is 51.4. The second kappa shape index (κ2) is 58.5. The smallest absolute Gasteiger partial charge is 0.425 e. The Morgan fingerprint density at radius 1 is 0.401 bits per heavy atom. The normalized spacial score (nSPS) is 12.7. The number of nitrogen functional groups attached to an aromatic ring is 2. The first-order valence-corrected chi connectivity index (χ1v) is 46.3. The summed E-state index contributed by atoms with van der Waals surface area (Å²) in [6, 6.07) is 24.6. The van der Waals surface area contributed by atoms with E-state index in [0.717, 1.165) is 78.4 Å². The molecule has 0 aliphatic carbocycles. The van der Waals surface area contributed by atoms with Gasteiger partial charge in [0.15, 0.2) is 0 Å². The van der Waals surface area contributed by atoms with Crippen LogP contribution >= 0.6 is 79.6 Å². The summed E-state index contributed by atoms with van der Waals surface area (Å²) in [4.78, 5) is 155. The number of halogens is 5. The highest BCUT2D eigenvalue weighted by molar-refractivity contribution is 9.11. The second-order valence-corrected chi connectivity index (χ2v) is 41.6. The lowest BCUT2D eigenvalue weighted by Gasteiger charge is -2.28. The molecule has 7 aromatic heterocycles. The number of anilines is 7. The van der Waals surface area contributed by atoms with Gasteiger partial charge in [0, 0.05) is 60.1 Å². The van der Waals surface area contributed by atoms with Crippen LogP contribution in [0.15, 0.2) is 113 Å². The van der Waals surface area contributed by atoms with E-state index in [2.05, 4.69) is 148 Å². The maximum atomic E-state index is 12.5. The Morgan fingerprint density at radius 2 is 0.715 bits per heavy atom. The zero-order chi connectivity index (χ0) is 105. The van der Waals surface area contributed by atoms with Crippen LogP contribution in [0, 0.1) is 13.8 Å². The molecule has 0 bridgehead atoms. The van der Waals surface area contributed by atoms with Crippen molar-refractivity contribution in [2.45, 2.75) is 244 Å². The van der Waals surface area contributed by atoms with E-state index in [9.17, 15) is 38.7 Å². The van der Waals surface area contributed by atoms with Gasteiger partial charge in [-0.05, 0) is 378 Å². The highest BCUT2D eigenvalue weighted by atomic mass is 79.9. The van der Waals surface area contributed by atoms with E-state index in [1.807, 2.05) is 125 Å². The molecule has 1 unspecified atom stereocenters. The number of pyridine rings is 7. The number of aromatic nitrogens is 7. The Labute approximate surface area is 844 Å². The SMILES string of the molecule is CC(C)(C)OC(=O)N(C(=O)OC(C)(C)C)c1ccc(Br)c(CO)n1.CC(C)(C)OC(=O)Nc1ccc(Br)c(CO)n1.CN(C)Cc1nc(N)ccc1C1CCOC1.CN(C)Cc1nc(NC(=O)OC(C)(C)C)ccc1Br.CN(C)Cc1nc(NC(=O)OC(C)(C)C)ccc1C1=CCOC1.Cc1nc(N(C(=O)OC(C)(C)C)C(=O)OC(C)(C)C)ccc1Br.Cc1nc(N)ccc1Br.O=C=O.O=C=O. The fourth-order valence-electron chi connectivity index (χ4n) is 10.5. The molecular weight excluding hydrogens is 2110 g/mol. The van der Waals surface area contributed by atoms with E-state index in [1.54, 1.807) is 159 Å². The molecule has 39 nitrogen and oxygen atoms in total. The molecule has 0 radical (unpaired) electrons. The molecular formula is C93H132Br5N17O22. The summed E-state index contributed by atoms with van der Waals surface area (Å²) in [5, 5.41) is 26.2. The van der Waals surface area contributed by atoms with Crippen LogP contribution in [0.5, 0.6) is 0 Å². The number of nitrogens with two attached hydrogens (primary N) is 2. The third kappa shape index (κ3) is 53.3. The minimum Gasteiger partial charge on any atom is -0.444 e. The first kappa shape index (κ1) is 125. The van der Waals surface area contributed by atoms with Gasteiger partial charge in [-0.15, -0.1) is 0 Å². The molecule has 1 atom stereocenters. The van der Waals surface area contributed by atoms with Crippen molar-refractivity contribution in [1.29, 1.82) is 0 Å². The molecule has 0 aromatic carbocycles. The van der Waals surface area contributed by atoms with Crippen LogP contribution in [0.1, 0.15) is 209 Å². The minimum absolute atomic E-state index is 0.00532. The molecule has 44 heteroatoms. The maximum absolute atomic E-state index is 12.5. The molecule has 2 aliphatic heterocycles. The number of ether oxygens (including phenoxy) is 9. The molecule has 137 heavy (non-hydrogen) atoms. The first-order chi connectivity index (χ1) is 63.1. The summed E-state index contributed by atoms with van der Waals surface area (Å²) in [7, 11) is 12.0. The molecule has 9 N–H and O–H groups in total. The number of hydrogen-bond donors (Lipinski definition) is 7. The summed E-state index contributed by atoms with van der Waals surface area (Å²) in [6.07, 6.45) is -1.40. The minimum atomic E-state index is -0.907. The van der Waals surface area contributed by atoms with E-state index in [0.29, 0.717) is 86.5 Å². The van der Waals surface area contributed by atoms with Crippen molar-refractivity contribution in [2.75, 3.05) is 106 Å². The first-order valence-electron chi connectivity index (χ1n) is 42.3. The second-order valence-electron chi connectivity index (χ2n) is 37.3. The Hall–Kier alpha value is -10.4. The van der Waals surface area contributed by atoms with Crippen LogP contribution in [0.2, 0.25) is 0 Å². The van der Waals surface area contributed by atoms with Crippen molar-refractivity contribution in [3.05, 3.63) is 164 Å². The largest absolute Gasteiger partial charge is 0.444 e.